The summed E-state index contributed by atoms with van der Waals surface area (Å²) in [6.07, 6.45) is 5.84. The Morgan fingerprint density at radius 2 is 2.14 bits per heavy atom. The van der Waals surface area contributed by atoms with Gasteiger partial charge >= 0.3 is 12.0 Å². The molecule has 1 heterocycles. The summed E-state index contributed by atoms with van der Waals surface area (Å²) >= 11 is 1.48. The second-order valence-electron chi connectivity index (χ2n) is 5.57. The zero-order valence-electron chi connectivity index (χ0n) is 12.1. The van der Waals surface area contributed by atoms with Crippen molar-refractivity contribution >= 4 is 23.3 Å². The minimum absolute atomic E-state index is 0.179. The van der Waals surface area contributed by atoms with Crippen molar-refractivity contribution in [2.75, 3.05) is 6.54 Å². The molecule has 21 heavy (non-hydrogen) atoms. The van der Waals surface area contributed by atoms with Crippen molar-refractivity contribution < 1.29 is 14.7 Å². The van der Waals surface area contributed by atoms with Gasteiger partial charge in [0, 0.05) is 18.1 Å². The quantitative estimate of drug-likeness (QED) is 0.779. The summed E-state index contributed by atoms with van der Waals surface area (Å²) in [6.45, 7) is 2.03. The van der Waals surface area contributed by atoms with E-state index in [-0.39, 0.29) is 18.6 Å². The topological polar surface area (TPSA) is 91.3 Å². The number of nitrogens with zero attached hydrogens (tertiary/aromatic N) is 1. The zero-order chi connectivity index (χ0) is 15.3. The number of hydrogen-bond donors (Lipinski definition) is 3. The normalized spacial score (nSPS) is 18.7. The van der Waals surface area contributed by atoms with Crippen molar-refractivity contribution in [1.29, 1.82) is 0 Å². The number of hydrogen-bond acceptors (Lipinski definition) is 4. The maximum absolute atomic E-state index is 11.9. The number of aliphatic carboxylic acids is 1. The predicted molar refractivity (Wildman–Crippen MR) is 80.2 cm³/mol. The average Bonchev–Trinajstić information content (AvgIpc) is 3.00. The smallest absolute Gasteiger partial charge is 0.315 e. The molecule has 1 atom stereocenters. The molecule has 1 aliphatic carbocycles. The van der Waals surface area contributed by atoms with Gasteiger partial charge in [-0.25, -0.2) is 9.78 Å². The number of carbonyl (C=O) groups excluding carboxylic acids is 1. The van der Waals surface area contributed by atoms with Gasteiger partial charge in [0.2, 0.25) is 0 Å². The second-order valence-corrected chi connectivity index (χ2v) is 6.49. The molecule has 1 aromatic rings. The number of aromatic nitrogens is 1. The lowest BCUT2D eigenvalue weighted by Crippen LogP contribution is -2.47. The second kappa shape index (κ2) is 6.89. The lowest BCUT2D eigenvalue weighted by molar-refractivity contribution is -0.150. The Morgan fingerprint density at radius 3 is 2.71 bits per heavy atom. The van der Waals surface area contributed by atoms with E-state index in [0.29, 0.717) is 12.8 Å². The molecule has 116 valence electrons. The Kier molecular flexibility index (Phi) is 5.17. The molecule has 6 nitrogen and oxygen atoms in total. The van der Waals surface area contributed by atoms with Crippen molar-refractivity contribution in [3.63, 3.8) is 0 Å². The Bertz CT molecular complexity index is 484. The van der Waals surface area contributed by atoms with E-state index in [1.165, 1.54) is 11.3 Å². The summed E-state index contributed by atoms with van der Waals surface area (Å²) in [7, 11) is 0. The maximum Gasteiger partial charge on any atom is 0.315 e. The van der Waals surface area contributed by atoms with Crippen LogP contribution in [-0.4, -0.2) is 28.6 Å². The van der Waals surface area contributed by atoms with Crippen LogP contribution in [0.2, 0.25) is 0 Å². The van der Waals surface area contributed by atoms with E-state index >= 15 is 0 Å². The molecule has 1 aliphatic rings. The van der Waals surface area contributed by atoms with Crippen LogP contribution >= 0.6 is 11.3 Å². The highest BCUT2D eigenvalue weighted by atomic mass is 32.1. The van der Waals surface area contributed by atoms with E-state index in [1.54, 1.807) is 6.20 Å². The number of thiazole rings is 1. The highest BCUT2D eigenvalue weighted by Crippen LogP contribution is 2.36. The molecule has 1 unspecified atom stereocenters. The zero-order valence-corrected chi connectivity index (χ0v) is 12.9. The van der Waals surface area contributed by atoms with Gasteiger partial charge in [-0.15, -0.1) is 11.3 Å². The SMILES string of the molecule is CC(NC(=O)NCC1(C(=O)O)CCCCC1)c1nccs1. The van der Waals surface area contributed by atoms with Crippen LogP contribution in [0.5, 0.6) is 0 Å². The van der Waals surface area contributed by atoms with Crippen LogP contribution in [0.3, 0.4) is 0 Å². The minimum Gasteiger partial charge on any atom is -0.481 e. The molecule has 3 N–H and O–H groups in total. The Hall–Kier alpha value is -1.63. The van der Waals surface area contributed by atoms with E-state index in [4.69, 9.17) is 0 Å². The van der Waals surface area contributed by atoms with Crippen LogP contribution in [0.25, 0.3) is 0 Å². The predicted octanol–water partition coefficient (Wildman–Crippen LogP) is 2.54. The Morgan fingerprint density at radius 1 is 1.43 bits per heavy atom. The number of carbonyl (C=O) groups is 2. The molecule has 0 saturated heterocycles. The average molecular weight is 311 g/mol. The Labute approximate surface area is 128 Å². The third-order valence-corrected chi connectivity index (χ3v) is 4.98. The fourth-order valence-corrected chi connectivity index (χ4v) is 3.35. The number of carboxylic acid groups (broad SMARTS) is 1. The van der Waals surface area contributed by atoms with E-state index in [2.05, 4.69) is 15.6 Å². The molecule has 0 aliphatic heterocycles. The summed E-state index contributed by atoms with van der Waals surface area (Å²) in [6, 6.07) is -0.527. The fourth-order valence-electron chi connectivity index (χ4n) is 2.70. The lowest BCUT2D eigenvalue weighted by atomic mass is 9.74. The molecule has 0 bridgehead atoms. The summed E-state index contributed by atoms with van der Waals surface area (Å²) < 4.78 is 0. The standard InChI is InChI=1S/C14H21N3O3S/c1-10(11-15-7-8-21-11)17-13(20)16-9-14(12(18)19)5-3-2-4-6-14/h7-8,10H,2-6,9H2,1H3,(H,18,19)(H2,16,17,20). The number of amides is 2. The third-order valence-electron chi connectivity index (χ3n) is 4.02. The molecular weight excluding hydrogens is 290 g/mol. The summed E-state index contributed by atoms with van der Waals surface area (Å²) in [4.78, 5) is 27.6. The summed E-state index contributed by atoms with van der Waals surface area (Å²) in [5.41, 5.74) is -0.806. The van der Waals surface area contributed by atoms with Gasteiger partial charge in [0.25, 0.3) is 0 Å². The van der Waals surface area contributed by atoms with Crippen molar-refractivity contribution in [2.45, 2.75) is 45.1 Å². The van der Waals surface area contributed by atoms with Crippen LogP contribution in [-0.2, 0) is 4.79 Å². The number of urea groups is 1. The van der Waals surface area contributed by atoms with Gasteiger partial charge in [0.15, 0.2) is 0 Å². The molecule has 0 aromatic carbocycles. The molecule has 1 aromatic heterocycles. The first-order valence-electron chi connectivity index (χ1n) is 7.21. The van der Waals surface area contributed by atoms with E-state index in [0.717, 1.165) is 24.3 Å². The first kappa shape index (κ1) is 15.8. The Balaban J connectivity index is 1.86. The van der Waals surface area contributed by atoms with Crippen LogP contribution in [0.1, 0.15) is 50.1 Å². The van der Waals surface area contributed by atoms with Crippen molar-refractivity contribution in [3.8, 4) is 0 Å². The van der Waals surface area contributed by atoms with Crippen molar-refractivity contribution in [1.82, 2.24) is 15.6 Å². The third kappa shape index (κ3) is 3.93. The van der Waals surface area contributed by atoms with Crippen molar-refractivity contribution in [2.24, 2.45) is 5.41 Å². The summed E-state index contributed by atoms with van der Waals surface area (Å²) in [5, 5.41) is 17.6. The van der Waals surface area contributed by atoms with Crippen molar-refractivity contribution in [3.05, 3.63) is 16.6 Å². The first-order valence-corrected chi connectivity index (χ1v) is 8.09. The summed E-state index contributed by atoms with van der Waals surface area (Å²) in [5.74, 6) is -0.810. The largest absolute Gasteiger partial charge is 0.481 e. The molecule has 7 heteroatoms. The maximum atomic E-state index is 11.9. The lowest BCUT2D eigenvalue weighted by Gasteiger charge is -2.33. The molecule has 2 amide bonds. The van der Waals surface area contributed by atoms with Gasteiger partial charge in [-0.1, -0.05) is 19.3 Å². The molecule has 0 spiro atoms. The van der Waals surface area contributed by atoms with Crippen LogP contribution in [0.15, 0.2) is 11.6 Å². The highest BCUT2D eigenvalue weighted by Gasteiger charge is 2.39. The highest BCUT2D eigenvalue weighted by molar-refractivity contribution is 7.09. The van der Waals surface area contributed by atoms with E-state index < -0.39 is 11.4 Å². The fraction of sp³-hybridized carbons (Fsp3) is 0.643. The van der Waals surface area contributed by atoms with Gasteiger partial charge in [-0.2, -0.15) is 0 Å². The van der Waals surface area contributed by atoms with Crippen LogP contribution in [0.4, 0.5) is 4.79 Å². The first-order chi connectivity index (χ1) is 10.0. The molecule has 1 saturated carbocycles. The van der Waals surface area contributed by atoms with Gasteiger partial charge in [0.1, 0.15) is 5.01 Å². The molecule has 0 radical (unpaired) electrons. The van der Waals surface area contributed by atoms with E-state index in [9.17, 15) is 14.7 Å². The van der Waals surface area contributed by atoms with Gasteiger partial charge in [0.05, 0.1) is 11.5 Å². The van der Waals surface area contributed by atoms with E-state index in [1.807, 2.05) is 12.3 Å². The molecule has 1 fully saturated rings. The van der Waals surface area contributed by atoms with Crippen LogP contribution < -0.4 is 10.6 Å². The monoisotopic (exact) mass is 311 g/mol. The number of carboxylic acids is 1. The van der Waals surface area contributed by atoms with Crippen LogP contribution in [0, 0.1) is 5.41 Å². The molecular formula is C14H21N3O3S. The van der Waals surface area contributed by atoms with Gasteiger partial charge < -0.3 is 15.7 Å². The van der Waals surface area contributed by atoms with Gasteiger partial charge in [-0.3, -0.25) is 4.79 Å². The number of nitrogens with one attached hydrogen (secondary N) is 2. The molecule has 2 rings (SSSR count). The number of rotatable bonds is 5. The van der Waals surface area contributed by atoms with Gasteiger partial charge in [-0.05, 0) is 19.8 Å². The minimum atomic E-state index is -0.810.